The highest BCUT2D eigenvalue weighted by molar-refractivity contribution is 5.94. The highest BCUT2D eigenvalue weighted by atomic mass is 16.6. The normalized spacial score (nSPS) is 10.4. The van der Waals surface area contributed by atoms with Gasteiger partial charge in [0.05, 0.1) is 16.8 Å². The molecule has 3 rings (SSSR count). The lowest BCUT2D eigenvalue weighted by molar-refractivity contribution is -0.384. The van der Waals surface area contributed by atoms with Crippen molar-refractivity contribution in [1.29, 1.82) is 0 Å². The van der Waals surface area contributed by atoms with Crippen molar-refractivity contribution in [2.45, 2.75) is 0 Å². The zero-order chi connectivity index (χ0) is 13.9. The third-order valence-corrected chi connectivity index (χ3v) is 3.03. The van der Waals surface area contributed by atoms with Crippen LogP contribution in [-0.4, -0.2) is 9.91 Å². The number of pyridine rings is 1. The van der Waals surface area contributed by atoms with Crippen LogP contribution in [0.4, 0.5) is 17.1 Å². The number of fused-ring (bicyclic) bond motifs is 1. The summed E-state index contributed by atoms with van der Waals surface area (Å²) in [5, 5.41) is 15.9. The number of nitrogens with zero attached hydrogens (tertiary/aromatic N) is 2. The van der Waals surface area contributed by atoms with Gasteiger partial charge >= 0.3 is 0 Å². The minimum absolute atomic E-state index is 0.0756. The van der Waals surface area contributed by atoms with E-state index in [1.165, 1.54) is 12.1 Å². The van der Waals surface area contributed by atoms with Crippen LogP contribution < -0.4 is 5.32 Å². The third kappa shape index (κ3) is 2.29. The Morgan fingerprint density at radius 1 is 1.00 bits per heavy atom. The second kappa shape index (κ2) is 4.97. The highest BCUT2D eigenvalue weighted by Gasteiger charge is 2.05. The zero-order valence-corrected chi connectivity index (χ0v) is 10.5. The molecule has 0 atom stereocenters. The molecule has 0 unspecified atom stereocenters. The summed E-state index contributed by atoms with van der Waals surface area (Å²) in [7, 11) is 0. The summed E-state index contributed by atoms with van der Waals surface area (Å²) in [4.78, 5) is 14.4. The van der Waals surface area contributed by atoms with E-state index >= 15 is 0 Å². The Bertz CT molecular complexity index is 764. The van der Waals surface area contributed by atoms with Crippen LogP contribution in [0.3, 0.4) is 0 Å². The van der Waals surface area contributed by atoms with E-state index < -0.39 is 4.92 Å². The molecule has 2 aromatic carbocycles. The molecule has 0 aliphatic rings. The molecule has 0 spiro atoms. The van der Waals surface area contributed by atoms with Gasteiger partial charge in [-0.2, -0.15) is 0 Å². The summed E-state index contributed by atoms with van der Waals surface area (Å²) in [6, 6.07) is 14.2. The largest absolute Gasteiger partial charge is 0.354 e. The van der Waals surface area contributed by atoms with E-state index in [2.05, 4.69) is 10.3 Å². The van der Waals surface area contributed by atoms with Gasteiger partial charge in [0.25, 0.3) is 5.69 Å². The number of nitrogens with one attached hydrogen (secondary N) is 1. The molecule has 0 aliphatic carbocycles. The first-order valence-corrected chi connectivity index (χ1v) is 6.08. The second-order valence-corrected chi connectivity index (χ2v) is 4.34. The lowest BCUT2D eigenvalue weighted by Crippen LogP contribution is -1.93. The summed E-state index contributed by atoms with van der Waals surface area (Å²) < 4.78 is 0. The molecular formula is C15H11N3O2. The Balaban J connectivity index is 1.95. The van der Waals surface area contributed by atoms with Crippen LogP contribution in [0.2, 0.25) is 0 Å². The molecule has 0 radical (unpaired) electrons. The van der Waals surface area contributed by atoms with Gasteiger partial charge in [0.15, 0.2) is 0 Å². The van der Waals surface area contributed by atoms with E-state index in [1.54, 1.807) is 24.5 Å². The first-order chi connectivity index (χ1) is 9.74. The predicted molar refractivity (Wildman–Crippen MR) is 78.1 cm³/mol. The molecular weight excluding hydrogens is 254 g/mol. The summed E-state index contributed by atoms with van der Waals surface area (Å²) in [6.07, 6.45) is 3.54. The van der Waals surface area contributed by atoms with E-state index in [4.69, 9.17) is 0 Å². The lowest BCUT2D eigenvalue weighted by Gasteiger charge is -2.08. The molecule has 0 saturated carbocycles. The fraction of sp³-hybridized carbons (Fsp3) is 0. The van der Waals surface area contributed by atoms with Crippen LogP contribution in [0.5, 0.6) is 0 Å². The second-order valence-electron chi connectivity index (χ2n) is 4.34. The number of nitro groups is 1. The van der Waals surface area contributed by atoms with Crippen molar-refractivity contribution in [2.24, 2.45) is 0 Å². The number of anilines is 2. The Kier molecular flexibility index (Phi) is 3.01. The maximum atomic E-state index is 10.6. The van der Waals surface area contributed by atoms with Crippen molar-refractivity contribution in [2.75, 3.05) is 5.32 Å². The minimum Gasteiger partial charge on any atom is -0.354 e. The average Bonchev–Trinajstić information content (AvgIpc) is 2.48. The number of non-ortho nitro benzene ring substituents is 1. The van der Waals surface area contributed by atoms with Gasteiger partial charge in [0, 0.05) is 34.8 Å². The van der Waals surface area contributed by atoms with Crippen LogP contribution in [0.25, 0.3) is 10.8 Å². The van der Waals surface area contributed by atoms with Crippen LogP contribution in [0.15, 0.2) is 60.9 Å². The molecule has 5 nitrogen and oxygen atoms in total. The van der Waals surface area contributed by atoms with Crippen LogP contribution in [-0.2, 0) is 0 Å². The van der Waals surface area contributed by atoms with Gasteiger partial charge in [-0.3, -0.25) is 15.1 Å². The van der Waals surface area contributed by atoms with Crippen LogP contribution >= 0.6 is 0 Å². The van der Waals surface area contributed by atoms with Gasteiger partial charge < -0.3 is 5.32 Å². The fourth-order valence-electron chi connectivity index (χ4n) is 2.04. The summed E-state index contributed by atoms with van der Waals surface area (Å²) >= 11 is 0. The maximum absolute atomic E-state index is 10.6. The van der Waals surface area contributed by atoms with Crippen molar-refractivity contribution in [3.05, 3.63) is 71.0 Å². The molecule has 1 aromatic heterocycles. The van der Waals surface area contributed by atoms with Gasteiger partial charge in [-0.15, -0.1) is 0 Å². The van der Waals surface area contributed by atoms with E-state index in [0.717, 1.165) is 22.1 Å². The summed E-state index contributed by atoms with van der Waals surface area (Å²) in [5.41, 5.74) is 1.73. The van der Waals surface area contributed by atoms with Crippen molar-refractivity contribution >= 4 is 27.8 Å². The number of nitro benzene ring substituents is 1. The van der Waals surface area contributed by atoms with Gasteiger partial charge in [-0.05, 0) is 12.1 Å². The maximum Gasteiger partial charge on any atom is 0.269 e. The lowest BCUT2D eigenvalue weighted by atomic mass is 10.1. The molecule has 20 heavy (non-hydrogen) atoms. The summed E-state index contributed by atoms with van der Waals surface area (Å²) in [5.74, 6) is 0. The number of hydrogen-bond acceptors (Lipinski definition) is 4. The minimum atomic E-state index is -0.413. The standard InChI is InChI=1S/C15H11N3O2/c19-18(20)13-7-5-12(6-8-13)17-15-10-16-9-11-3-1-2-4-14(11)15/h1-10,17H. The van der Waals surface area contributed by atoms with E-state index in [9.17, 15) is 10.1 Å². The Labute approximate surface area is 115 Å². The third-order valence-electron chi connectivity index (χ3n) is 3.03. The molecule has 5 heteroatoms. The van der Waals surface area contributed by atoms with Gasteiger partial charge in [0.2, 0.25) is 0 Å². The molecule has 3 aromatic rings. The predicted octanol–water partition coefficient (Wildman–Crippen LogP) is 3.89. The monoisotopic (exact) mass is 265 g/mol. The first kappa shape index (κ1) is 12.1. The van der Waals surface area contributed by atoms with Gasteiger partial charge in [-0.1, -0.05) is 24.3 Å². The average molecular weight is 265 g/mol. The number of aromatic nitrogens is 1. The molecule has 0 amide bonds. The van der Waals surface area contributed by atoms with E-state index in [0.29, 0.717) is 0 Å². The van der Waals surface area contributed by atoms with Gasteiger partial charge in [-0.25, -0.2) is 0 Å². The first-order valence-electron chi connectivity index (χ1n) is 6.08. The van der Waals surface area contributed by atoms with E-state index in [1.807, 2.05) is 24.3 Å². The smallest absolute Gasteiger partial charge is 0.269 e. The fourth-order valence-corrected chi connectivity index (χ4v) is 2.04. The quantitative estimate of drug-likeness (QED) is 0.576. The van der Waals surface area contributed by atoms with Gasteiger partial charge in [0.1, 0.15) is 0 Å². The van der Waals surface area contributed by atoms with Crippen molar-refractivity contribution in [1.82, 2.24) is 4.98 Å². The Morgan fingerprint density at radius 2 is 1.75 bits per heavy atom. The van der Waals surface area contributed by atoms with Crippen molar-refractivity contribution in [3.8, 4) is 0 Å². The zero-order valence-electron chi connectivity index (χ0n) is 10.5. The van der Waals surface area contributed by atoms with Crippen molar-refractivity contribution < 1.29 is 4.92 Å². The van der Waals surface area contributed by atoms with Crippen LogP contribution in [0.1, 0.15) is 0 Å². The molecule has 0 bridgehead atoms. The number of hydrogen-bond donors (Lipinski definition) is 1. The Hall–Kier alpha value is -2.95. The van der Waals surface area contributed by atoms with E-state index in [-0.39, 0.29) is 5.69 Å². The SMILES string of the molecule is O=[N+]([O-])c1ccc(Nc2cncc3ccccc23)cc1. The molecule has 0 saturated heterocycles. The number of benzene rings is 2. The number of rotatable bonds is 3. The van der Waals surface area contributed by atoms with Crippen LogP contribution in [0, 0.1) is 10.1 Å². The highest BCUT2D eigenvalue weighted by Crippen LogP contribution is 2.26. The molecule has 98 valence electrons. The molecule has 0 aliphatic heterocycles. The molecule has 1 heterocycles. The van der Waals surface area contributed by atoms with Crippen molar-refractivity contribution in [3.63, 3.8) is 0 Å². The molecule has 1 N–H and O–H groups in total. The Morgan fingerprint density at radius 3 is 2.50 bits per heavy atom. The topological polar surface area (TPSA) is 68.1 Å². The summed E-state index contributed by atoms with van der Waals surface area (Å²) in [6.45, 7) is 0. The molecule has 0 fully saturated rings.